The van der Waals surface area contributed by atoms with Gasteiger partial charge < -0.3 is 0 Å². The number of aromatic nitrogens is 2. The summed E-state index contributed by atoms with van der Waals surface area (Å²) in [6.07, 6.45) is 0. The Morgan fingerprint density at radius 3 is 2.22 bits per heavy atom. The molecule has 0 aliphatic rings. The predicted octanol–water partition coefficient (Wildman–Crippen LogP) is 3.37. The zero-order valence-corrected chi connectivity index (χ0v) is 12.1. The van der Waals surface area contributed by atoms with E-state index in [-0.39, 0.29) is 5.56 Å². The maximum Gasteiger partial charge on any atom is 0.279 e. The molecule has 2 aromatic carbocycles. The first kappa shape index (κ1) is 12.9. The number of nitrogens with zero attached hydrogens (tertiary/aromatic N) is 1. The number of fused-ring (bicyclic) bond motifs is 1. The molecule has 0 unspecified atom stereocenters. The van der Waals surface area contributed by atoms with Crippen LogP contribution in [0.2, 0.25) is 0 Å². The lowest BCUT2D eigenvalue weighted by atomic mass is 10.2. The van der Waals surface area contributed by atoms with Gasteiger partial charge in [-0.15, -0.1) is 0 Å². The maximum absolute atomic E-state index is 12.1. The fourth-order valence-electron chi connectivity index (χ4n) is 1.82. The highest BCUT2D eigenvalue weighted by Crippen LogP contribution is 2.09. The van der Waals surface area contributed by atoms with Crippen LogP contribution in [0.3, 0.4) is 0 Å². The number of para-hydroxylation sites is 2. The highest BCUT2D eigenvalue weighted by molar-refractivity contribution is 14.1. The molecule has 0 atom stereocenters. The van der Waals surface area contributed by atoms with Gasteiger partial charge in [-0.1, -0.05) is 52.9 Å². The van der Waals surface area contributed by atoms with E-state index in [4.69, 9.17) is 0 Å². The molecule has 1 heterocycles. The molecule has 0 bridgehead atoms. The van der Waals surface area contributed by atoms with Crippen LogP contribution < -0.4 is 5.56 Å². The van der Waals surface area contributed by atoms with Gasteiger partial charge in [0.15, 0.2) is 0 Å². The average molecular weight is 352 g/mol. The number of aromatic amines is 1. The van der Waals surface area contributed by atoms with Crippen molar-refractivity contribution in [1.29, 1.82) is 0 Å². The Kier molecular flexibility index (Phi) is 4.19. The minimum Gasteiger partial charge on any atom is -0.290 e. The Morgan fingerprint density at radius 2 is 1.56 bits per heavy atom. The van der Waals surface area contributed by atoms with E-state index in [9.17, 15) is 4.79 Å². The molecule has 0 spiro atoms. The first-order valence-electron chi connectivity index (χ1n) is 5.49. The molecule has 3 nitrogen and oxygen atoms in total. The molecule has 3 rings (SSSR count). The third kappa shape index (κ3) is 2.33. The minimum atomic E-state index is -0.0122. The van der Waals surface area contributed by atoms with E-state index in [1.807, 2.05) is 59.5 Å². The van der Waals surface area contributed by atoms with E-state index >= 15 is 0 Å². The Hall–Kier alpha value is -1.56. The molecule has 4 heteroatoms. The van der Waals surface area contributed by atoms with Crippen molar-refractivity contribution in [3.05, 3.63) is 65.0 Å². The second-order valence-electron chi connectivity index (χ2n) is 3.63. The maximum atomic E-state index is 12.1. The summed E-state index contributed by atoms with van der Waals surface area (Å²) < 4.78 is 1.56. The van der Waals surface area contributed by atoms with Crippen molar-refractivity contribution < 1.29 is 0 Å². The van der Waals surface area contributed by atoms with E-state index in [1.54, 1.807) is 4.68 Å². The van der Waals surface area contributed by atoms with Crippen LogP contribution in [0.15, 0.2) is 59.4 Å². The van der Waals surface area contributed by atoms with E-state index in [0.717, 1.165) is 11.2 Å². The number of H-pyrrole nitrogens is 1. The van der Waals surface area contributed by atoms with Crippen LogP contribution in [0.5, 0.6) is 0 Å². The zero-order valence-electron chi connectivity index (χ0n) is 9.93. The molecule has 0 amide bonds. The first-order chi connectivity index (χ1) is 8.86. The molecule has 1 aromatic heterocycles. The molecular formula is C14H13IN2O. The van der Waals surface area contributed by atoms with E-state index in [1.165, 1.54) is 0 Å². The van der Waals surface area contributed by atoms with Crippen molar-refractivity contribution >= 4 is 33.5 Å². The van der Waals surface area contributed by atoms with E-state index < -0.39 is 0 Å². The molecule has 18 heavy (non-hydrogen) atoms. The summed E-state index contributed by atoms with van der Waals surface area (Å²) in [5, 5.41) is 3.80. The number of halogens is 1. The van der Waals surface area contributed by atoms with Gasteiger partial charge in [-0.3, -0.25) is 9.89 Å². The van der Waals surface area contributed by atoms with E-state index in [2.05, 4.69) is 27.7 Å². The van der Waals surface area contributed by atoms with Gasteiger partial charge in [0, 0.05) is 0 Å². The summed E-state index contributed by atoms with van der Waals surface area (Å²) >= 11 is 2.15. The highest BCUT2D eigenvalue weighted by Gasteiger charge is 2.06. The first-order valence-corrected chi connectivity index (χ1v) is 7.65. The van der Waals surface area contributed by atoms with Gasteiger partial charge in [0.2, 0.25) is 0 Å². The third-order valence-electron chi connectivity index (χ3n) is 2.61. The lowest BCUT2D eigenvalue weighted by molar-refractivity contribution is 0.864. The van der Waals surface area contributed by atoms with E-state index in [0.29, 0.717) is 5.39 Å². The highest BCUT2D eigenvalue weighted by atomic mass is 127. The van der Waals surface area contributed by atoms with Crippen molar-refractivity contribution in [2.24, 2.45) is 0 Å². The molecule has 0 aliphatic heterocycles. The monoisotopic (exact) mass is 352 g/mol. The smallest absolute Gasteiger partial charge is 0.279 e. The summed E-state index contributed by atoms with van der Waals surface area (Å²) in [7, 11) is 0. The molecule has 0 saturated carbocycles. The van der Waals surface area contributed by atoms with Gasteiger partial charge in [0.1, 0.15) is 0 Å². The standard InChI is InChI=1S/C13H10N2O.CH3I/c16-13-11-8-4-5-9-12(11)14-15(13)10-6-2-1-3-7-10;1-2/h1-9,14H;1H3. The molecule has 1 N–H and O–H groups in total. The van der Waals surface area contributed by atoms with Crippen LogP contribution in [-0.4, -0.2) is 14.7 Å². The average Bonchev–Trinajstić information content (AvgIpc) is 2.80. The van der Waals surface area contributed by atoms with Gasteiger partial charge in [-0.2, -0.15) is 0 Å². The van der Waals surface area contributed by atoms with Crippen molar-refractivity contribution in [3.63, 3.8) is 0 Å². The van der Waals surface area contributed by atoms with Gasteiger partial charge in [-0.25, -0.2) is 4.68 Å². The van der Waals surface area contributed by atoms with Crippen molar-refractivity contribution in [2.45, 2.75) is 0 Å². The normalized spacial score (nSPS) is 9.89. The predicted molar refractivity (Wildman–Crippen MR) is 83.8 cm³/mol. The second-order valence-corrected chi connectivity index (χ2v) is 3.63. The van der Waals surface area contributed by atoms with Crippen LogP contribution >= 0.6 is 22.6 Å². The number of alkyl halides is 1. The third-order valence-corrected chi connectivity index (χ3v) is 2.61. The lowest BCUT2D eigenvalue weighted by Gasteiger charge is -1.98. The molecule has 0 fully saturated rings. The molecule has 92 valence electrons. The van der Waals surface area contributed by atoms with Crippen LogP contribution in [0.25, 0.3) is 16.6 Å². The summed E-state index contributed by atoms with van der Waals surface area (Å²) in [6.45, 7) is 0. The fraction of sp³-hybridized carbons (Fsp3) is 0.0714. The van der Waals surface area contributed by atoms with Gasteiger partial charge >= 0.3 is 0 Å². The number of benzene rings is 2. The number of hydrogen-bond acceptors (Lipinski definition) is 1. The Labute approximate surface area is 119 Å². The fourth-order valence-corrected chi connectivity index (χ4v) is 1.82. The largest absolute Gasteiger partial charge is 0.290 e. The summed E-state index contributed by atoms with van der Waals surface area (Å²) in [6, 6.07) is 17.1. The molecular weight excluding hydrogens is 339 g/mol. The van der Waals surface area contributed by atoms with Crippen LogP contribution in [0.1, 0.15) is 0 Å². The Bertz CT molecular complexity index is 686. The van der Waals surface area contributed by atoms with Gasteiger partial charge in [-0.05, 0) is 29.2 Å². The SMILES string of the molecule is CI.O=c1c2ccccc2[nH]n1-c1ccccc1. The molecule has 3 aromatic rings. The Morgan fingerprint density at radius 1 is 0.944 bits per heavy atom. The zero-order chi connectivity index (χ0) is 13.0. The van der Waals surface area contributed by atoms with Gasteiger partial charge in [0.05, 0.1) is 16.6 Å². The quantitative estimate of drug-likeness (QED) is 0.529. The summed E-state index contributed by atoms with van der Waals surface area (Å²) in [5.41, 5.74) is 1.70. The molecule has 0 aliphatic carbocycles. The van der Waals surface area contributed by atoms with Gasteiger partial charge in [0.25, 0.3) is 5.56 Å². The topological polar surface area (TPSA) is 37.8 Å². The molecule has 0 radical (unpaired) electrons. The van der Waals surface area contributed by atoms with Crippen molar-refractivity contribution in [3.8, 4) is 5.69 Å². The van der Waals surface area contributed by atoms with Crippen molar-refractivity contribution in [1.82, 2.24) is 9.78 Å². The lowest BCUT2D eigenvalue weighted by Crippen LogP contribution is -2.13. The number of rotatable bonds is 1. The van der Waals surface area contributed by atoms with Crippen LogP contribution in [0, 0.1) is 0 Å². The van der Waals surface area contributed by atoms with Crippen LogP contribution in [-0.2, 0) is 0 Å². The summed E-state index contributed by atoms with van der Waals surface area (Å²) in [4.78, 5) is 14.0. The van der Waals surface area contributed by atoms with Crippen LogP contribution in [0.4, 0.5) is 0 Å². The number of nitrogens with one attached hydrogen (secondary N) is 1. The molecule has 0 saturated heterocycles. The number of hydrogen-bond donors (Lipinski definition) is 1. The summed E-state index contributed by atoms with van der Waals surface area (Å²) in [5.74, 6) is 0. The second kappa shape index (κ2) is 5.86. The van der Waals surface area contributed by atoms with Crippen molar-refractivity contribution in [2.75, 3.05) is 4.93 Å². The Balaban J connectivity index is 0.000000574. The minimum absolute atomic E-state index is 0.0122.